The van der Waals surface area contributed by atoms with Crippen LogP contribution in [0.5, 0.6) is 0 Å². The minimum absolute atomic E-state index is 0.119. The largest absolute Gasteiger partial charge is 0.468 e. The Hall–Kier alpha value is -0.650. The fourth-order valence-electron chi connectivity index (χ4n) is 3.84. The van der Waals surface area contributed by atoms with Crippen molar-refractivity contribution in [3.8, 4) is 0 Å². The third-order valence-electron chi connectivity index (χ3n) is 5.02. The Balaban J connectivity index is 2.04. The second kappa shape index (κ2) is 6.41. The van der Waals surface area contributed by atoms with E-state index in [1.54, 1.807) is 0 Å². The number of carbonyl (C=O) groups excluding carboxylic acids is 1. The number of hydrogen-bond acceptors (Lipinski definition) is 5. The molecular formula is C15H28N2O3. The fraction of sp³-hybridized carbons (Fsp3) is 0.933. The first-order valence-electron chi connectivity index (χ1n) is 7.71. The third kappa shape index (κ3) is 2.85. The first-order chi connectivity index (χ1) is 9.54. The molecule has 1 aliphatic heterocycles. The first-order valence-corrected chi connectivity index (χ1v) is 7.71. The molecule has 4 unspecified atom stereocenters. The number of carbonyl (C=O) groups is 1. The van der Waals surface area contributed by atoms with Gasteiger partial charge in [0, 0.05) is 18.7 Å². The lowest BCUT2D eigenvalue weighted by atomic mass is 9.96. The van der Waals surface area contributed by atoms with E-state index in [1.165, 1.54) is 7.11 Å². The lowest BCUT2D eigenvalue weighted by Gasteiger charge is -2.34. The van der Waals surface area contributed by atoms with E-state index in [2.05, 4.69) is 24.2 Å². The van der Waals surface area contributed by atoms with Crippen molar-refractivity contribution in [2.75, 3.05) is 27.3 Å². The Bertz CT molecular complexity index is 350. The number of rotatable bonds is 5. The number of hydrogen-bond donors (Lipinski definition) is 1. The van der Waals surface area contributed by atoms with Crippen molar-refractivity contribution >= 4 is 5.97 Å². The highest BCUT2D eigenvalue weighted by atomic mass is 16.5. The van der Waals surface area contributed by atoms with Crippen LogP contribution in [0.3, 0.4) is 0 Å². The standard InChI is InChI=1S/C15H28N2O3/c1-5-16-15(14(18)19-4)8-6-12(10-15)17(3)13-7-9-20-11(13)2/h11-13,16H,5-10H2,1-4H3. The average Bonchev–Trinajstić information content (AvgIpc) is 3.05. The Morgan fingerprint density at radius 1 is 1.50 bits per heavy atom. The van der Waals surface area contributed by atoms with E-state index in [1.807, 2.05) is 6.92 Å². The van der Waals surface area contributed by atoms with E-state index < -0.39 is 5.54 Å². The zero-order valence-corrected chi connectivity index (χ0v) is 13.1. The van der Waals surface area contributed by atoms with Gasteiger partial charge in [-0.25, -0.2) is 0 Å². The predicted molar refractivity (Wildman–Crippen MR) is 77.6 cm³/mol. The van der Waals surface area contributed by atoms with Crippen molar-refractivity contribution in [2.24, 2.45) is 0 Å². The van der Waals surface area contributed by atoms with Gasteiger partial charge in [0.1, 0.15) is 5.54 Å². The maximum absolute atomic E-state index is 12.2. The molecule has 2 fully saturated rings. The lowest BCUT2D eigenvalue weighted by Crippen LogP contribution is -2.52. The second-order valence-corrected chi connectivity index (χ2v) is 6.10. The highest BCUT2D eigenvalue weighted by Crippen LogP contribution is 2.36. The van der Waals surface area contributed by atoms with E-state index in [9.17, 15) is 4.79 Å². The summed E-state index contributed by atoms with van der Waals surface area (Å²) in [4.78, 5) is 14.6. The van der Waals surface area contributed by atoms with Gasteiger partial charge in [0.2, 0.25) is 0 Å². The van der Waals surface area contributed by atoms with Crippen LogP contribution in [0, 0.1) is 0 Å². The van der Waals surface area contributed by atoms with Crippen molar-refractivity contribution in [3.63, 3.8) is 0 Å². The van der Waals surface area contributed by atoms with Crippen LogP contribution in [-0.4, -0.2) is 61.9 Å². The van der Waals surface area contributed by atoms with Gasteiger partial charge in [-0.15, -0.1) is 0 Å². The van der Waals surface area contributed by atoms with Gasteiger partial charge in [0.25, 0.3) is 0 Å². The molecule has 5 heteroatoms. The molecule has 0 radical (unpaired) electrons. The van der Waals surface area contributed by atoms with Crippen molar-refractivity contribution in [3.05, 3.63) is 0 Å². The van der Waals surface area contributed by atoms with Gasteiger partial charge in [-0.1, -0.05) is 6.92 Å². The van der Waals surface area contributed by atoms with Crippen LogP contribution in [0.25, 0.3) is 0 Å². The molecule has 1 heterocycles. The predicted octanol–water partition coefficient (Wildman–Crippen LogP) is 1.17. The summed E-state index contributed by atoms with van der Waals surface area (Å²) in [5.41, 5.74) is -0.495. The minimum atomic E-state index is -0.495. The van der Waals surface area contributed by atoms with Crippen LogP contribution in [-0.2, 0) is 14.3 Å². The maximum atomic E-state index is 12.2. The highest BCUT2D eigenvalue weighted by molar-refractivity contribution is 5.81. The molecule has 4 atom stereocenters. The van der Waals surface area contributed by atoms with Crippen LogP contribution in [0.1, 0.15) is 39.5 Å². The second-order valence-electron chi connectivity index (χ2n) is 6.10. The van der Waals surface area contributed by atoms with Gasteiger partial charge in [-0.2, -0.15) is 0 Å². The van der Waals surface area contributed by atoms with E-state index >= 15 is 0 Å². The first kappa shape index (κ1) is 15.7. The minimum Gasteiger partial charge on any atom is -0.468 e. The Morgan fingerprint density at radius 2 is 2.25 bits per heavy atom. The topological polar surface area (TPSA) is 50.8 Å². The molecule has 0 spiro atoms. The Kier molecular flexibility index (Phi) is 5.04. The molecule has 2 aliphatic rings. The van der Waals surface area contributed by atoms with Gasteiger partial charge >= 0.3 is 5.97 Å². The van der Waals surface area contributed by atoms with Gasteiger partial charge in [0.05, 0.1) is 13.2 Å². The third-order valence-corrected chi connectivity index (χ3v) is 5.02. The molecule has 1 aliphatic carbocycles. The average molecular weight is 284 g/mol. The Morgan fingerprint density at radius 3 is 2.80 bits per heavy atom. The van der Waals surface area contributed by atoms with Crippen molar-refractivity contribution in [2.45, 2.75) is 63.3 Å². The summed E-state index contributed by atoms with van der Waals surface area (Å²) in [6.45, 7) is 5.81. The molecule has 0 aromatic rings. The molecule has 1 N–H and O–H groups in total. The maximum Gasteiger partial charge on any atom is 0.326 e. The summed E-state index contributed by atoms with van der Waals surface area (Å²) >= 11 is 0. The van der Waals surface area contributed by atoms with Crippen LogP contribution >= 0.6 is 0 Å². The lowest BCUT2D eigenvalue weighted by molar-refractivity contribution is -0.148. The molecule has 2 rings (SSSR count). The monoisotopic (exact) mass is 284 g/mol. The zero-order valence-electron chi connectivity index (χ0n) is 13.1. The van der Waals surface area contributed by atoms with Gasteiger partial charge in [-0.05, 0) is 46.2 Å². The molecule has 116 valence electrons. The Labute approximate surface area is 122 Å². The molecule has 0 amide bonds. The SMILES string of the molecule is CCNC1(C(=O)OC)CCC(N(C)C2CCOC2C)C1. The smallest absolute Gasteiger partial charge is 0.326 e. The highest BCUT2D eigenvalue weighted by Gasteiger charge is 2.48. The van der Waals surface area contributed by atoms with Crippen molar-refractivity contribution in [1.29, 1.82) is 0 Å². The van der Waals surface area contributed by atoms with Crippen LogP contribution in [0.4, 0.5) is 0 Å². The van der Waals surface area contributed by atoms with Gasteiger partial charge in [-0.3, -0.25) is 9.69 Å². The molecule has 5 nitrogen and oxygen atoms in total. The molecular weight excluding hydrogens is 256 g/mol. The summed E-state index contributed by atoms with van der Waals surface area (Å²) in [6, 6.07) is 0.886. The fourth-order valence-corrected chi connectivity index (χ4v) is 3.84. The van der Waals surface area contributed by atoms with Crippen LogP contribution in [0.2, 0.25) is 0 Å². The number of methoxy groups -OCH3 is 1. The molecule has 0 aromatic heterocycles. The summed E-state index contributed by atoms with van der Waals surface area (Å²) in [5.74, 6) is -0.119. The summed E-state index contributed by atoms with van der Waals surface area (Å²) in [6.07, 6.45) is 4.08. The number of likely N-dealkylation sites (N-methyl/N-ethyl adjacent to an activating group) is 2. The zero-order chi connectivity index (χ0) is 14.8. The molecule has 0 aromatic carbocycles. The van der Waals surface area contributed by atoms with E-state index in [-0.39, 0.29) is 12.1 Å². The number of esters is 1. The van der Waals surface area contributed by atoms with E-state index in [0.29, 0.717) is 12.1 Å². The van der Waals surface area contributed by atoms with Gasteiger partial charge in [0.15, 0.2) is 0 Å². The van der Waals surface area contributed by atoms with Crippen LogP contribution < -0.4 is 5.32 Å². The normalized spacial score (nSPS) is 37.5. The molecule has 1 saturated heterocycles. The van der Waals surface area contributed by atoms with E-state index in [0.717, 1.165) is 38.8 Å². The van der Waals surface area contributed by atoms with Crippen LogP contribution in [0.15, 0.2) is 0 Å². The van der Waals surface area contributed by atoms with Crippen molar-refractivity contribution in [1.82, 2.24) is 10.2 Å². The molecule has 0 bridgehead atoms. The quantitative estimate of drug-likeness (QED) is 0.768. The van der Waals surface area contributed by atoms with Gasteiger partial charge < -0.3 is 14.8 Å². The number of nitrogens with zero attached hydrogens (tertiary/aromatic N) is 1. The molecule has 1 saturated carbocycles. The summed E-state index contributed by atoms with van der Waals surface area (Å²) < 4.78 is 10.7. The summed E-state index contributed by atoms with van der Waals surface area (Å²) in [5, 5.41) is 3.36. The van der Waals surface area contributed by atoms with E-state index in [4.69, 9.17) is 9.47 Å². The molecule has 20 heavy (non-hydrogen) atoms. The number of nitrogens with one attached hydrogen (secondary N) is 1. The van der Waals surface area contributed by atoms with Crippen molar-refractivity contribution < 1.29 is 14.3 Å². The summed E-state index contributed by atoms with van der Waals surface area (Å²) in [7, 11) is 3.64. The number of ether oxygens (including phenoxy) is 2.